The third-order valence-corrected chi connectivity index (χ3v) is 2.10. The van der Waals surface area contributed by atoms with Gasteiger partial charge < -0.3 is 9.72 Å². The van der Waals surface area contributed by atoms with E-state index in [0.29, 0.717) is 0 Å². The molecule has 0 saturated carbocycles. The molecule has 1 N–H and O–H groups in total. The quantitative estimate of drug-likeness (QED) is 0.733. The van der Waals surface area contributed by atoms with E-state index < -0.39 is 0 Å². The molecule has 0 spiro atoms. The molecule has 0 aliphatic heterocycles. The number of nitrogens with one attached hydrogen (secondary N) is 1. The second kappa shape index (κ2) is 4.70. The van der Waals surface area contributed by atoms with Gasteiger partial charge in [-0.05, 0) is 24.6 Å². The van der Waals surface area contributed by atoms with Gasteiger partial charge in [0.15, 0.2) is 0 Å². The first-order valence-electron chi connectivity index (χ1n) is 4.93. The molecule has 1 heterocycles. The molecule has 2 rings (SSSR count). The Labute approximate surface area is 84.9 Å². The maximum atomic E-state index is 5.11. The predicted molar refractivity (Wildman–Crippen MR) is 60.9 cm³/mol. The Hall–Kier alpha value is -1.44. The smallest absolute Gasteiger partial charge is 0.120 e. The van der Waals surface area contributed by atoms with E-state index >= 15 is 0 Å². The Morgan fingerprint density at radius 1 is 1.21 bits per heavy atom. The second-order valence-electron chi connectivity index (χ2n) is 2.88. The zero-order chi connectivity index (χ0) is 10.6. The van der Waals surface area contributed by atoms with Gasteiger partial charge in [0, 0.05) is 23.2 Å². The number of methoxy groups -OCH3 is 1. The van der Waals surface area contributed by atoms with Crippen molar-refractivity contribution in [2.24, 2.45) is 0 Å². The topological polar surface area (TPSA) is 25.0 Å². The molecule has 76 valence electrons. The van der Waals surface area contributed by atoms with E-state index in [9.17, 15) is 0 Å². The number of rotatable bonds is 1. The van der Waals surface area contributed by atoms with E-state index in [0.717, 1.165) is 11.3 Å². The highest BCUT2D eigenvalue weighted by molar-refractivity contribution is 5.84. The van der Waals surface area contributed by atoms with Gasteiger partial charge in [0.1, 0.15) is 5.75 Å². The largest absolute Gasteiger partial charge is 0.497 e. The van der Waals surface area contributed by atoms with Gasteiger partial charge in [0.05, 0.1) is 7.11 Å². The first-order chi connectivity index (χ1) is 6.81. The van der Waals surface area contributed by atoms with Gasteiger partial charge >= 0.3 is 0 Å². The average Bonchev–Trinajstić information content (AvgIpc) is 2.63. The molecule has 0 amide bonds. The Morgan fingerprint density at radius 3 is 2.57 bits per heavy atom. The molecular formula is C12H17NO. The van der Waals surface area contributed by atoms with Crippen molar-refractivity contribution in [2.75, 3.05) is 7.11 Å². The molecule has 1 aromatic heterocycles. The number of ether oxygens (including phenoxy) is 1. The van der Waals surface area contributed by atoms with Crippen LogP contribution >= 0.6 is 0 Å². The van der Waals surface area contributed by atoms with Gasteiger partial charge in [-0.3, -0.25) is 0 Å². The van der Waals surface area contributed by atoms with E-state index in [4.69, 9.17) is 4.74 Å². The molecule has 14 heavy (non-hydrogen) atoms. The maximum Gasteiger partial charge on any atom is 0.120 e. The van der Waals surface area contributed by atoms with E-state index in [-0.39, 0.29) is 0 Å². The summed E-state index contributed by atoms with van der Waals surface area (Å²) in [6.45, 7) is 6.09. The summed E-state index contributed by atoms with van der Waals surface area (Å²) < 4.78 is 5.11. The first kappa shape index (κ1) is 10.6. The van der Waals surface area contributed by atoms with Crippen molar-refractivity contribution in [2.45, 2.75) is 20.8 Å². The monoisotopic (exact) mass is 191 g/mol. The van der Waals surface area contributed by atoms with Crippen molar-refractivity contribution >= 4 is 10.9 Å². The van der Waals surface area contributed by atoms with Crippen LogP contribution in [-0.4, -0.2) is 12.1 Å². The molecule has 0 saturated heterocycles. The van der Waals surface area contributed by atoms with Gasteiger partial charge in [-0.1, -0.05) is 13.8 Å². The zero-order valence-electron chi connectivity index (χ0n) is 9.22. The Kier molecular flexibility index (Phi) is 3.57. The Balaban J connectivity index is 0.000000461. The number of hydrogen-bond donors (Lipinski definition) is 1. The lowest BCUT2D eigenvalue weighted by atomic mass is 10.2. The van der Waals surface area contributed by atoms with Crippen LogP contribution in [0.5, 0.6) is 5.75 Å². The fourth-order valence-corrected chi connectivity index (χ4v) is 1.38. The third kappa shape index (κ3) is 1.90. The number of benzene rings is 1. The van der Waals surface area contributed by atoms with Crippen LogP contribution in [0.1, 0.15) is 19.4 Å². The van der Waals surface area contributed by atoms with Crippen molar-refractivity contribution in [1.29, 1.82) is 0 Å². The summed E-state index contributed by atoms with van der Waals surface area (Å²) in [5.74, 6) is 0.893. The van der Waals surface area contributed by atoms with Crippen molar-refractivity contribution in [3.63, 3.8) is 0 Å². The molecule has 2 heteroatoms. The highest BCUT2D eigenvalue weighted by Gasteiger charge is 1.99. The van der Waals surface area contributed by atoms with E-state index in [1.807, 2.05) is 32.2 Å². The average molecular weight is 191 g/mol. The molecule has 1 aromatic carbocycles. The second-order valence-corrected chi connectivity index (χ2v) is 2.88. The number of H-pyrrole nitrogens is 1. The SMILES string of the molecule is CC.COc1ccc2c(C)c[nH]c2c1. The number of aromatic nitrogens is 1. The minimum absolute atomic E-state index is 0.893. The van der Waals surface area contributed by atoms with Gasteiger partial charge in [-0.2, -0.15) is 0 Å². The number of fused-ring (bicyclic) bond motifs is 1. The first-order valence-corrected chi connectivity index (χ1v) is 4.93. The summed E-state index contributed by atoms with van der Waals surface area (Å²) in [5, 5.41) is 1.26. The highest BCUT2D eigenvalue weighted by atomic mass is 16.5. The predicted octanol–water partition coefficient (Wildman–Crippen LogP) is 3.51. The normalized spacial score (nSPS) is 9.43. The molecule has 0 aliphatic carbocycles. The van der Waals surface area contributed by atoms with Crippen LogP contribution < -0.4 is 4.74 Å². The molecule has 0 aliphatic rings. The number of hydrogen-bond acceptors (Lipinski definition) is 1. The fraction of sp³-hybridized carbons (Fsp3) is 0.333. The molecule has 2 aromatic rings. The van der Waals surface area contributed by atoms with Gasteiger partial charge in [0.25, 0.3) is 0 Å². The van der Waals surface area contributed by atoms with Crippen LogP contribution in [0.2, 0.25) is 0 Å². The highest BCUT2D eigenvalue weighted by Crippen LogP contribution is 2.21. The van der Waals surface area contributed by atoms with Crippen LogP contribution in [0, 0.1) is 6.92 Å². The third-order valence-electron chi connectivity index (χ3n) is 2.10. The summed E-state index contributed by atoms with van der Waals surface area (Å²) >= 11 is 0. The Morgan fingerprint density at radius 2 is 1.93 bits per heavy atom. The fourth-order valence-electron chi connectivity index (χ4n) is 1.38. The summed E-state index contributed by atoms with van der Waals surface area (Å²) in [6, 6.07) is 6.05. The lowest BCUT2D eigenvalue weighted by molar-refractivity contribution is 0.415. The molecule has 0 bridgehead atoms. The molecule has 0 radical (unpaired) electrons. The summed E-state index contributed by atoms with van der Waals surface area (Å²) in [5.41, 5.74) is 2.40. The van der Waals surface area contributed by atoms with Gasteiger partial charge in [0.2, 0.25) is 0 Å². The lowest BCUT2D eigenvalue weighted by Gasteiger charge is -1.98. The molecular weight excluding hydrogens is 174 g/mol. The van der Waals surface area contributed by atoms with Crippen molar-refractivity contribution in [3.8, 4) is 5.75 Å². The van der Waals surface area contributed by atoms with Crippen LogP contribution in [-0.2, 0) is 0 Å². The van der Waals surface area contributed by atoms with Crippen molar-refractivity contribution in [1.82, 2.24) is 4.98 Å². The summed E-state index contributed by atoms with van der Waals surface area (Å²) in [4.78, 5) is 3.18. The van der Waals surface area contributed by atoms with Crippen LogP contribution in [0.25, 0.3) is 10.9 Å². The minimum atomic E-state index is 0.893. The molecule has 0 fully saturated rings. The van der Waals surface area contributed by atoms with Crippen LogP contribution in [0.15, 0.2) is 24.4 Å². The number of aryl methyl sites for hydroxylation is 1. The van der Waals surface area contributed by atoms with Crippen LogP contribution in [0.4, 0.5) is 0 Å². The summed E-state index contributed by atoms with van der Waals surface area (Å²) in [7, 11) is 1.68. The van der Waals surface area contributed by atoms with Crippen molar-refractivity contribution < 1.29 is 4.74 Å². The van der Waals surface area contributed by atoms with Crippen LogP contribution in [0.3, 0.4) is 0 Å². The van der Waals surface area contributed by atoms with E-state index in [1.165, 1.54) is 10.9 Å². The number of aromatic amines is 1. The standard InChI is InChI=1S/C10H11NO.C2H6/c1-7-6-11-10-5-8(12-2)3-4-9(7)10;1-2/h3-6,11H,1-2H3;1-2H3. The zero-order valence-corrected chi connectivity index (χ0v) is 9.22. The maximum absolute atomic E-state index is 5.11. The summed E-state index contributed by atoms with van der Waals surface area (Å²) in [6.07, 6.45) is 2.00. The minimum Gasteiger partial charge on any atom is -0.497 e. The van der Waals surface area contributed by atoms with E-state index in [2.05, 4.69) is 18.0 Å². The van der Waals surface area contributed by atoms with E-state index in [1.54, 1.807) is 7.11 Å². The van der Waals surface area contributed by atoms with Gasteiger partial charge in [-0.25, -0.2) is 0 Å². The van der Waals surface area contributed by atoms with Gasteiger partial charge in [-0.15, -0.1) is 0 Å². The molecule has 0 atom stereocenters. The molecule has 2 nitrogen and oxygen atoms in total. The van der Waals surface area contributed by atoms with Crippen molar-refractivity contribution in [3.05, 3.63) is 30.0 Å². The molecule has 0 unspecified atom stereocenters. The lowest BCUT2D eigenvalue weighted by Crippen LogP contribution is -1.81. The Bertz CT molecular complexity index is 404.